The van der Waals surface area contributed by atoms with E-state index in [1.54, 1.807) is 31.2 Å². The largest absolute Gasteiger partial charge is 0.340 e. The molecule has 3 rings (SSSR count). The van der Waals surface area contributed by atoms with Crippen LogP contribution in [0.15, 0.2) is 30.5 Å². The molecule has 1 N–H and O–H groups in total. The van der Waals surface area contributed by atoms with E-state index in [4.69, 9.17) is 5.26 Å². The topological polar surface area (TPSA) is 112 Å². The van der Waals surface area contributed by atoms with E-state index in [1.807, 2.05) is 13.0 Å². The third-order valence-corrected chi connectivity index (χ3v) is 6.49. The number of carbonyl (C=O) groups excluding carboxylic acids is 2. The Bertz CT molecular complexity index is 1050. The number of hydrogen-bond donors (Lipinski definition) is 1. The molecule has 0 saturated carbocycles. The van der Waals surface area contributed by atoms with Crippen LogP contribution >= 0.6 is 0 Å². The smallest absolute Gasteiger partial charge is 0.252 e. The molecule has 0 bridgehead atoms. The van der Waals surface area contributed by atoms with Gasteiger partial charge >= 0.3 is 0 Å². The Hall–Kier alpha value is -2.86. The molecular formula is C18H20N4O4S. The molecule has 0 spiro atoms. The fourth-order valence-corrected chi connectivity index (χ4v) is 4.36. The van der Waals surface area contributed by atoms with Crippen LogP contribution in [0, 0.1) is 11.3 Å². The highest BCUT2D eigenvalue weighted by Crippen LogP contribution is 2.24. The summed E-state index contributed by atoms with van der Waals surface area (Å²) in [7, 11) is -3.48. The lowest BCUT2D eigenvalue weighted by Crippen LogP contribution is -2.42. The van der Waals surface area contributed by atoms with Crippen LogP contribution in [0.4, 0.5) is 0 Å². The number of nitrogens with zero attached hydrogens (tertiary/aromatic N) is 3. The second kappa shape index (κ2) is 7.04. The Morgan fingerprint density at radius 1 is 1.37 bits per heavy atom. The predicted molar refractivity (Wildman–Crippen MR) is 99.5 cm³/mol. The maximum absolute atomic E-state index is 12.8. The van der Waals surface area contributed by atoms with Gasteiger partial charge in [-0.05, 0) is 38.5 Å². The lowest BCUT2D eigenvalue weighted by atomic mass is 10.1. The first-order chi connectivity index (χ1) is 12.8. The van der Waals surface area contributed by atoms with Gasteiger partial charge in [-0.3, -0.25) is 9.59 Å². The van der Waals surface area contributed by atoms with E-state index in [9.17, 15) is 18.0 Å². The zero-order valence-corrected chi connectivity index (χ0v) is 15.9. The number of hydrogen-bond acceptors (Lipinski definition) is 5. The second-order valence-electron chi connectivity index (χ2n) is 6.49. The van der Waals surface area contributed by atoms with Gasteiger partial charge in [0, 0.05) is 23.2 Å². The highest BCUT2D eigenvalue weighted by Gasteiger charge is 2.38. The van der Waals surface area contributed by atoms with Crippen molar-refractivity contribution in [3.8, 4) is 6.07 Å². The third kappa shape index (κ3) is 3.28. The van der Waals surface area contributed by atoms with E-state index in [-0.39, 0.29) is 24.2 Å². The molecule has 1 saturated heterocycles. The second-order valence-corrected chi connectivity index (χ2v) is 8.62. The van der Waals surface area contributed by atoms with Gasteiger partial charge in [0.25, 0.3) is 5.91 Å². The van der Waals surface area contributed by atoms with Crippen molar-refractivity contribution in [1.29, 1.82) is 5.26 Å². The first-order valence-electron chi connectivity index (χ1n) is 8.61. The van der Waals surface area contributed by atoms with Gasteiger partial charge in [-0.2, -0.15) is 5.26 Å². The minimum absolute atomic E-state index is 0.0142. The molecule has 1 aliphatic heterocycles. The van der Waals surface area contributed by atoms with Gasteiger partial charge in [-0.25, -0.2) is 12.4 Å². The Balaban J connectivity index is 1.90. The van der Waals surface area contributed by atoms with Gasteiger partial charge in [0.15, 0.2) is 0 Å². The SMILES string of the molecule is CCS(=O)(=O)n1ccc2c(C(=O)NC3CC(C)N(CC#N)C3=O)cccc21. The molecule has 0 radical (unpaired) electrons. The van der Waals surface area contributed by atoms with E-state index in [1.165, 1.54) is 11.1 Å². The number of rotatable bonds is 5. The minimum atomic E-state index is -3.48. The summed E-state index contributed by atoms with van der Waals surface area (Å²) in [4.78, 5) is 26.6. The van der Waals surface area contributed by atoms with Crippen LogP contribution in [0.25, 0.3) is 10.9 Å². The van der Waals surface area contributed by atoms with Crippen LogP contribution in [0.3, 0.4) is 0 Å². The molecule has 2 amide bonds. The molecule has 142 valence electrons. The van der Waals surface area contributed by atoms with Crippen molar-refractivity contribution < 1.29 is 18.0 Å². The normalized spacial score (nSPS) is 20.0. The molecule has 2 unspecified atom stereocenters. The number of likely N-dealkylation sites (tertiary alicyclic amines) is 1. The average Bonchev–Trinajstić information content (AvgIpc) is 3.19. The zero-order chi connectivity index (χ0) is 19.8. The average molecular weight is 388 g/mol. The Morgan fingerprint density at radius 2 is 2.11 bits per heavy atom. The maximum atomic E-state index is 12.8. The Morgan fingerprint density at radius 3 is 2.78 bits per heavy atom. The van der Waals surface area contributed by atoms with E-state index in [2.05, 4.69) is 5.32 Å². The molecule has 9 heteroatoms. The summed E-state index contributed by atoms with van der Waals surface area (Å²) in [5.41, 5.74) is 0.721. The van der Waals surface area contributed by atoms with Crippen LogP contribution in [-0.4, -0.2) is 53.5 Å². The Kier molecular flexibility index (Phi) is 4.93. The Labute approximate surface area is 157 Å². The minimum Gasteiger partial charge on any atom is -0.340 e. The molecule has 2 heterocycles. The monoisotopic (exact) mass is 388 g/mol. The molecule has 1 aromatic heterocycles. The highest BCUT2D eigenvalue weighted by atomic mass is 32.2. The molecular weight excluding hydrogens is 368 g/mol. The predicted octanol–water partition coefficient (Wildman–Crippen LogP) is 1.08. The number of nitriles is 1. The lowest BCUT2D eigenvalue weighted by molar-refractivity contribution is -0.129. The molecule has 0 aliphatic carbocycles. The molecule has 1 aliphatic rings. The standard InChI is InChI=1S/C18H20N4O4S/c1-3-27(25,26)22-9-7-13-14(5-4-6-16(13)22)17(23)20-15-11-12(2)21(10-8-19)18(15)24/h4-7,9,12,15H,3,10-11H2,1-2H3,(H,20,23). The number of amides is 2. The van der Waals surface area contributed by atoms with Crippen molar-refractivity contribution in [3.63, 3.8) is 0 Å². The van der Waals surface area contributed by atoms with Crippen molar-refractivity contribution in [1.82, 2.24) is 14.2 Å². The maximum Gasteiger partial charge on any atom is 0.252 e. The lowest BCUT2D eigenvalue weighted by Gasteiger charge is -2.17. The number of fused-ring (bicyclic) bond motifs is 1. The van der Waals surface area contributed by atoms with Crippen LogP contribution in [-0.2, 0) is 14.8 Å². The van der Waals surface area contributed by atoms with Gasteiger partial charge < -0.3 is 10.2 Å². The summed E-state index contributed by atoms with van der Waals surface area (Å²) in [5, 5.41) is 12.1. The number of nitrogens with one attached hydrogen (secondary N) is 1. The highest BCUT2D eigenvalue weighted by molar-refractivity contribution is 7.90. The first-order valence-corrected chi connectivity index (χ1v) is 10.2. The van der Waals surface area contributed by atoms with Crippen LogP contribution in [0.2, 0.25) is 0 Å². The molecule has 1 aromatic carbocycles. The molecule has 8 nitrogen and oxygen atoms in total. The van der Waals surface area contributed by atoms with Gasteiger partial charge in [-0.15, -0.1) is 0 Å². The summed E-state index contributed by atoms with van der Waals surface area (Å²) >= 11 is 0. The van der Waals surface area contributed by atoms with Gasteiger partial charge in [0.05, 0.1) is 17.3 Å². The van der Waals surface area contributed by atoms with Gasteiger partial charge in [-0.1, -0.05) is 6.07 Å². The number of benzene rings is 1. The van der Waals surface area contributed by atoms with E-state index < -0.39 is 22.0 Å². The van der Waals surface area contributed by atoms with E-state index in [0.29, 0.717) is 22.9 Å². The summed E-state index contributed by atoms with van der Waals surface area (Å²) in [6, 6.07) is 7.55. The van der Waals surface area contributed by atoms with Crippen LogP contribution in [0.5, 0.6) is 0 Å². The molecule has 27 heavy (non-hydrogen) atoms. The van der Waals surface area contributed by atoms with Crippen LogP contribution in [0.1, 0.15) is 30.6 Å². The quantitative estimate of drug-likeness (QED) is 0.770. The van der Waals surface area contributed by atoms with Crippen LogP contribution < -0.4 is 5.32 Å². The molecule has 1 fully saturated rings. The number of carbonyl (C=O) groups is 2. The van der Waals surface area contributed by atoms with Crippen molar-refractivity contribution in [2.75, 3.05) is 12.3 Å². The number of aromatic nitrogens is 1. The van der Waals surface area contributed by atoms with E-state index >= 15 is 0 Å². The fourth-order valence-electron chi connectivity index (χ4n) is 3.38. The van der Waals surface area contributed by atoms with Crippen molar-refractivity contribution >= 4 is 32.7 Å². The third-order valence-electron chi connectivity index (χ3n) is 4.84. The summed E-state index contributed by atoms with van der Waals surface area (Å²) in [6.45, 7) is 3.37. The first kappa shape index (κ1) is 18.9. The van der Waals surface area contributed by atoms with Crippen molar-refractivity contribution in [2.45, 2.75) is 32.4 Å². The molecule has 2 atom stereocenters. The zero-order valence-electron chi connectivity index (χ0n) is 15.0. The summed E-state index contributed by atoms with van der Waals surface area (Å²) in [6.07, 6.45) is 1.85. The van der Waals surface area contributed by atoms with Gasteiger partial charge in [0.2, 0.25) is 15.9 Å². The van der Waals surface area contributed by atoms with Crippen molar-refractivity contribution in [2.24, 2.45) is 0 Å². The fraction of sp³-hybridized carbons (Fsp3) is 0.389. The summed E-state index contributed by atoms with van der Waals surface area (Å²) < 4.78 is 25.6. The van der Waals surface area contributed by atoms with Crippen molar-refractivity contribution in [3.05, 3.63) is 36.0 Å². The summed E-state index contributed by atoms with van der Waals surface area (Å²) in [5.74, 6) is -0.788. The molecule has 2 aromatic rings. The van der Waals surface area contributed by atoms with Gasteiger partial charge in [0.1, 0.15) is 12.6 Å². The van der Waals surface area contributed by atoms with E-state index in [0.717, 1.165) is 3.97 Å².